The van der Waals surface area contributed by atoms with Gasteiger partial charge < -0.3 is 10.6 Å². The number of piperidine rings is 1. The van der Waals surface area contributed by atoms with Crippen molar-refractivity contribution in [3.63, 3.8) is 0 Å². The number of rotatable bonds is 2. The molecule has 2 heterocycles. The van der Waals surface area contributed by atoms with E-state index in [2.05, 4.69) is 28.6 Å². The third-order valence-corrected chi connectivity index (χ3v) is 3.78. The second-order valence-electron chi connectivity index (χ2n) is 5.72. The normalized spacial score (nSPS) is 27.4. The predicted molar refractivity (Wildman–Crippen MR) is 72.1 cm³/mol. The molecule has 17 heavy (non-hydrogen) atoms. The molecule has 2 fully saturated rings. The van der Waals surface area contributed by atoms with Crippen LogP contribution in [0.1, 0.15) is 33.1 Å². The van der Waals surface area contributed by atoms with E-state index in [-0.39, 0.29) is 0 Å². The fraction of sp³-hybridized carbons (Fsp3) is 0.923. The summed E-state index contributed by atoms with van der Waals surface area (Å²) in [5, 5.41) is 0. The summed E-state index contributed by atoms with van der Waals surface area (Å²) in [6.07, 6.45) is 4.07. The molecule has 0 aromatic rings. The molecule has 98 valence electrons. The monoisotopic (exact) mass is 238 g/mol. The molecule has 4 heteroatoms. The van der Waals surface area contributed by atoms with E-state index in [0.717, 1.165) is 32.1 Å². The summed E-state index contributed by atoms with van der Waals surface area (Å²) in [7, 11) is 0. The fourth-order valence-corrected chi connectivity index (χ4v) is 2.74. The molecule has 2 aliphatic heterocycles. The third-order valence-electron chi connectivity index (χ3n) is 3.78. The molecule has 0 spiro atoms. The molecule has 1 atom stereocenters. The van der Waals surface area contributed by atoms with Gasteiger partial charge in [-0.05, 0) is 25.3 Å². The minimum Gasteiger partial charge on any atom is -0.370 e. The topological polar surface area (TPSA) is 44.9 Å². The Morgan fingerprint density at radius 3 is 2.88 bits per heavy atom. The molecule has 2 saturated heterocycles. The van der Waals surface area contributed by atoms with E-state index < -0.39 is 0 Å². The van der Waals surface area contributed by atoms with Crippen molar-refractivity contribution in [2.24, 2.45) is 16.6 Å². The molecule has 0 aromatic heterocycles. The zero-order valence-electron chi connectivity index (χ0n) is 11.2. The molecular formula is C13H26N4. The Morgan fingerprint density at radius 1 is 1.29 bits per heavy atom. The summed E-state index contributed by atoms with van der Waals surface area (Å²) in [6.45, 7) is 9.75. The standard InChI is InChI=1S/C13H26N4/c1-11(2)9-15-13(14)17-8-7-16-6-4-3-5-12(16)10-17/h11-12H,3-10H2,1-2H3,(H2,14,15). The van der Waals surface area contributed by atoms with Gasteiger partial charge in [0.15, 0.2) is 5.96 Å². The first-order chi connectivity index (χ1) is 8.16. The Balaban J connectivity index is 1.88. The average molecular weight is 238 g/mol. The van der Waals surface area contributed by atoms with Crippen LogP contribution in [0, 0.1) is 5.92 Å². The Morgan fingerprint density at radius 2 is 2.12 bits per heavy atom. The lowest BCUT2D eigenvalue weighted by Crippen LogP contribution is -2.57. The van der Waals surface area contributed by atoms with Gasteiger partial charge in [-0.1, -0.05) is 20.3 Å². The summed E-state index contributed by atoms with van der Waals surface area (Å²) in [5.74, 6) is 1.34. The lowest BCUT2D eigenvalue weighted by Gasteiger charge is -2.44. The summed E-state index contributed by atoms with van der Waals surface area (Å²) in [4.78, 5) is 9.38. The first kappa shape index (κ1) is 12.7. The van der Waals surface area contributed by atoms with Crippen LogP contribution in [0.25, 0.3) is 0 Å². The van der Waals surface area contributed by atoms with Crippen LogP contribution in [-0.4, -0.2) is 54.5 Å². The highest BCUT2D eigenvalue weighted by Crippen LogP contribution is 2.20. The molecular weight excluding hydrogens is 212 g/mol. The summed E-state index contributed by atoms with van der Waals surface area (Å²) >= 11 is 0. The van der Waals surface area contributed by atoms with Crippen LogP contribution >= 0.6 is 0 Å². The highest BCUT2D eigenvalue weighted by atomic mass is 15.3. The number of piperazine rings is 1. The first-order valence-corrected chi connectivity index (χ1v) is 6.95. The second kappa shape index (κ2) is 5.71. The van der Waals surface area contributed by atoms with Crippen LogP contribution in [0.4, 0.5) is 0 Å². The van der Waals surface area contributed by atoms with E-state index in [1.165, 1.54) is 25.8 Å². The molecule has 1 unspecified atom stereocenters. The number of nitrogens with two attached hydrogens (primary N) is 1. The predicted octanol–water partition coefficient (Wildman–Crippen LogP) is 1.13. The Labute approximate surface area is 105 Å². The van der Waals surface area contributed by atoms with E-state index in [9.17, 15) is 0 Å². The number of guanidine groups is 1. The van der Waals surface area contributed by atoms with Crippen LogP contribution in [0.2, 0.25) is 0 Å². The van der Waals surface area contributed by atoms with Gasteiger partial charge in [-0.15, -0.1) is 0 Å². The number of nitrogens with zero attached hydrogens (tertiary/aromatic N) is 3. The van der Waals surface area contributed by atoms with Crippen molar-refractivity contribution in [1.82, 2.24) is 9.80 Å². The largest absolute Gasteiger partial charge is 0.370 e. The van der Waals surface area contributed by atoms with Crippen molar-refractivity contribution in [3.05, 3.63) is 0 Å². The molecule has 0 radical (unpaired) electrons. The van der Waals surface area contributed by atoms with Gasteiger partial charge >= 0.3 is 0 Å². The molecule has 4 nitrogen and oxygen atoms in total. The quantitative estimate of drug-likeness (QED) is 0.579. The highest BCUT2D eigenvalue weighted by molar-refractivity contribution is 5.78. The van der Waals surface area contributed by atoms with Crippen molar-refractivity contribution in [1.29, 1.82) is 0 Å². The average Bonchev–Trinajstić information content (AvgIpc) is 2.35. The Bertz CT molecular complexity index is 275. The fourth-order valence-electron chi connectivity index (χ4n) is 2.74. The van der Waals surface area contributed by atoms with Crippen molar-refractivity contribution < 1.29 is 0 Å². The molecule has 2 N–H and O–H groups in total. The third kappa shape index (κ3) is 3.35. The molecule has 0 bridgehead atoms. The lowest BCUT2D eigenvalue weighted by molar-refractivity contribution is 0.0796. The van der Waals surface area contributed by atoms with E-state index in [4.69, 9.17) is 5.73 Å². The molecule has 2 rings (SSSR count). The van der Waals surface area contributed by atoms with Crippen LogP contribution in [0.5, 0.6) is 0 Å². The smallest absolute Gasteiger partial charge is 0.191 e. The second-order valence-corrected chi connectivity index (χ2v) is 5.72. The van der Waals surface area contributed by atoms with E-state index in [0.29, 0.717) is 12.0 Å². The maximum atomic E-state index is 6.08. The molecule has 0 aliphatic carbocycles. The van der Waals surface area contributed by atoms with E-state index in [1.54, 1.807) is 0 Å². The molecule has 0 amide bonds. The van der Waals surface area contributed by atoms with Crippen LogP contribution < -0.4 is 5.73 Å². The van der Waals surface area contributed by atoms with Gasteiger partial charge in [0.25, 0.3) is 0 Å². The van der Waals surface area contributed by atoms with Gasteiger partial charge in [-0.2, -0.15) is 0 Å². The van der Waals surface area contributed by atoms with Gasteiger partial charge in [0.05, 0.1) is 0 Å². The molecule has 0 aromatic carbocycles. The van der Waals surface area contributed by atoms with Crippen molar-refractivity contribution in [2.75, 3.05) is 32.7 Å². The zero-order valence-corrected chi connectivity index (χ0v) is 11.2. The van der Waals surface area contributed by atoms with Crippen molar-refractivity contribution in [3.8, 4) is 0 Å². The van der Waals surface area contributed by atoms with Crippen molar-refractivity contribution in [2.45, 2.75) is 39.2 Å². The minimum absolute atomic E-state index is 0.588. The maximum absolute atomic E-state index is 6.08. The van der Waals surface area contributed by atoms with Gasteiger partial charge in [-0.3, -0.25) is 9.89 Å². The lowest BCUT2D eigenvalue weighted by atomic mass is 10.00. The number of fused-ring (bicyclic) bond motifs is 1. The highest BCUT2D eigenvalue weighted by Gasteiger charge is 2.29. The number of aliphatic imine (C=N–C) groups is 1. The summed E-state index contributed by atoms with van der Waals surface area (Å²) in [5.41, 5.74) is 6.08. The van der Waals surface area contributed by atoms with Crippen molar-refractivity contribution >= 4 is 5.96 Å². The SMILES string of the molecule is CC(C)CN=C(N)N1CCN2CCCCC2C1. The minimum atomic E-state index is 0.588. The van der Waals surface area contributed by atoms with Crippen LogP contribution in [0.15, 0.2) is 4.99 Å². The van der Waals surface area contributed by atoms with Gasteiger partial charge in [-0.25, -0.2) is 0 Å². The molecule has 0 saturated carbocycles. The zero-order chi connectivity index (χ0) is 12.3. The van der Waals surface area contributed by atoms with E-state index >= 15 is 0 Å². The van der Waals surface area contributed by atoms with Gasteiger partial charge in [0, 0.05) is 32.2 Å². The first-order valence-electron chi connectivity index (χ1n) is 6.95. The van der Waals surface area contributed by atoms with Crippen LogP contribution in [-0.2, 0) is 0 Å². The maximum Gasteiger partial charge on any atom is 0.191 e. The number of hydrogen-bond donors (Lipinski definition) is 1. The van der Waals surface area contributed by atoms with Gasteiger partial charge in [0.1, 0.15) is 0 Å². The van der Waals surface area contributed by atoms with Crippen LogP contribution in [0.3, 0.4) is 0 Å². The molecule has 2 aliphatic rings. The van der Waals surface area contributed by atoms with E-state index in [1.807, 2.05) is 0 Å². The number of hydrogen-bond acceptors (Lipinski definition) is 2. The Kier molecular flexibility index (Phi) is 4.26. The summed E-state index contributed by atoms with van der Waals surface area (Å²) in [6, 6.07) is 0.713. The van der Waals surface area contributed by atoms with Gasteiger partial charge in [0.2, 0.25) is 0 Å². The summed E-state index contributed by atoms with van der Waals surface area (Å²) < 4.78 is 0. The Hall–Kier alpha value is -0.770.